The Kier molecular flexibility index (Phi) is 9.07. The summed E-state index contributed by atoms with van der Waals surface area (Å²) in [5, 5.41) is 12.7. The van der Waals surface area contributed by atoms with Gasteiger partial charge in [-0.2, -0.15) is 0 Å². The van der Waals surface area contributed by atoms with Gasteiger partial charge in [0.15, 0.2) is 0 Å². The molecule has 0 fully saturated rings. The van der Waals surface area contributed by atoms with Gasteiger partial charge < -0.3 is 4.90 Å². The summed E-state index contributed by atoms with van der Waals surface area (Å²) in [6.07, 6.45) is 2.34. The summed E-state index contributed by atoms with van der Waals surface area (Å²) < 4.78 is 0. The van der Waals surface area contributed by atoms with E-state index in [1.165, 1.54) is 110 Å². The van der Waals surface area contributed by atoms with Crippen molar-refractivity contribution in [2.45, 2.75) is 51.4 Å². The maximum absolute atomic E-state index is 2.50. The van der Waals surface area contributed by atoms with Gasteiger partial charge in [0.25, 0.3) is 0 Å². The monoisotopic (exact) mass is 833 g/mol. The average molecular weight is 834 g/mol. The number of nitrogens with zero attached hydrogens (tertiary/aromatic N) is 1. The lowest BCUT2D eigenvalue weighted by atomic mass is 9.63. The van der Waals surface area contributed by atoms with Crippen LogP contribution in [0.15, 0.2) is 212 Å². The SMILES string of the molecule is CC1(C)CCC(C)(C)c2cc(N(c3ccc(-c4cc5ccccc5c5ccccc45)cc3)c3ccc(-c4ccc5c(ccc6ccccc65)c4)c(-c4ccc5ccccc5c4)c3)ccc21. The van der Waals surface area contributed by atoms with Crippen LogP contribution in [-0.2, 0) is 10.8 Å². The van der Waals surface area contributed by atoms with Crippen LogP contribution in [0.2, 0.25) is 0 Å². The van der Waals surface area contributed by atoms with Crippen LogP contribution in [0.4, 0.5) is 17.1 Å². The molecule has 0 aliphatic heterocycles. The van der Waals surface area contributed by atoms with Crippen LogP contribution in [-0.4, -0.2) is 0 Å². The number of fused-ring (bicyclic) bond motifs is 8. The lowest BCUT2D eigenvalue weighted by Crippen LogP contribution is -2.34. The van der Waals surface area contributed by atoms with Crippen molar-refractivity contribution < 1.29 is 0 Å². The second kappa shape index (κ2) is 15.1. The molecule has 0 spiro atoms. The highest BCUT2D eigenvalue weighted by Gasteiger charge is 2.37. The molecule has 0 radical (unpaired) electrons. The number of hydrogen-bond acceptors (Lipinski definition) is 1. The van der Waals surface area contributed by atoms with Gasteiger partial charge >= 0.3 is 0 Å². The second-order valence-electron chi connectivity index (χ2n) is 19.6. The molecule has 312 valence electrons. The zero-order valence-corrected chi connectivity index (χ0v) is 37.6. The van der Waals surface area contributed by atoms with Gasteiger partial charge in [0, 0.05) is 17.1 Å². The molecule has 0 saturated heterocycles. The second-order valence-corrected chi connectivity index (χ2v) is 19.6. The molecule has 0 bridgehead atoms. The lowest BCUT2D eigenvalue weighted by Gasteiger charge is -2.42. The molecule has 0 amide bonds. The van der Waals surface area contributed by atoms with Gasteiger partial charge in [-0.3, -0.25) is 0 Å². The zero-order valence-electron chi connectivity index (χ0n) is 37.6. The minimum absolute atomic E-state index is 0.0645. The molecule has 0 atom stereocenters. The van der Waals surface area contributed by atoms with Gasteiger partial charge in [-0.05, 0) is 177 Å². The average Bonchev–Trinajstić information content (AvgIpc) is 3.35. The van der Waals surface area contributed by atoms with Crippen LogP contribution < -0.4 is 4.90 Å². The van der Waals surface area contributed by atoms with Gasteiger partial charge in [0.05, 0.1) is 0 Å². The molecule has 1 nitrogen and oxygen atoms in total. The first kappa shape index (κ1) is 39.1. The smallest absolute Gasteiger partial charge is 0.0468 e. The summed E-state index contributed by atoms with van der Waals surface area (Å²) in [5.74, 6) is 0. The third kappa shape index (κ3) is 6.69. The van der Waals surface area contributed by atoms with E-state index in [0.29, 0.717) is 0 Å². The maximum atomic E-state index is 2.50. The standard InChI is InChI=1S/C64H51N/c1-63(2)35-36-64(3,4)62-41-52(31-34-61(62)63)65(50-28-25-44(26-29-50)59-39-46-16-8-10-18-54(46)57-19-11-12-20-58(57)59)51-30-33-56(60(40-51)49-23-21-42-13-5-6-15-45(42)37-49)48-27-32-55-47(38-48)24-22-43-14-7-9-17-53(43)55/h5-34,37-41H,35-36H2,1-4H3. The Labute approximate surface area is 382 Å². The van der Waals surface area contributed by atoms with E-state index in [0.717, 1.165) is 17.8 Å². The number of rotatable bonds is 6. The van der Waals surface area contributed by atoms with Crippen molar-refractivity contribution in [1.29, 1.82) is 0 Å². The fourth-order valence-electron chi connectivity index (χ4n) is 10.9. The van der Waals surface area contributed by atoms with E-state index in [-0.39, 0.29) is 10.8 Å². The zero-order chi connectivity index (χ0) is 43.9. The molecule has 0 aromatic heterocycles. The number of anilines is 3. The highest BCUT2D eigenvalue weighted by Crippen LogP contribution is 2.49. The Bertz CT molecular complexity index is 3660. The Balaban J connectivity index is 1.06. The van der Waals surface area contributed by atoms with Crippen molar-refractivity contribution in [3.05, 3.63) is 223 Å². The van der Waals surface area contributed by atoms with Crippen molar-refractivity contribution in [2.75, 3.05) is 4.90 Å². The van der Waals surface area contributed by atoms with Gasteiger partial charge in [-0.25, -0.2) is 0 Å². The van der Waals surface area contributed by atoms with E-state index in [9.17, 15) is 0 Å². The van der Waals surface area contributed by atoms with Crippen molar-refractivity contribution >= 4 is 70.9 Å². The van der Waals surface area contributed by atoms with Crippen LogP contribution in [0.1, 0.15) is 51.7 Å². The van der Waals surface area contributed by atoms with Crippen molar-refractivity contribution in [2.24, 2.45) is 0 Å². The van der Waals surface area contributed by atoms with Gasteiger partial charge in [0.1, 0.15) is 0 Å². The summed E-state index contributed by atoms with van der Waals surface area (Å²) in [6, 6.07) is 79.5. The first-order valence-electron chi connectivity index (χ1n) is 23.2. The largest absolute Gasteiger partial charge is 0.310 e. The molecular weight excluding hydrogens is 783 g/mol. The van der Waals surface area contributed by atoms with E-state index in [1.54, 1.807) is 0 Å². The normalized spacial score (nSPS) is 14.3. The molecule has 11 aromatic carbocycles. The van der Waals surface area contributed by atoms with Gasteiger partial charge in [-0.15, -0.1) is 0 Å². The number of benzene rings is 11. The minimum atomic E-state index is 0.0645. The quantitative estimate of drug-likeness (QED) is 0.151. The van der Waals surface area contributed by atoms with E-state index in [4.69, 9.17) is 0 Å². The fourth-order valence-corrected chi connectivity index (χ4v) is 10.9. The van der Waals surface area contributed by atoms with Crippen molar-refractivity contribution in [1.82, 2.24) is 0 Å². The summed E-state index contributed by atoms with van der Waals surface area (Å²) in [5.41, 5.74) is 13.8. The molecule has 0 heterocycles. The molecule has 0 unspecified atom stereocenters. The Morgan fingerprint density at radius 1 is 0.292 bits per heavy atom. The van der Waals surface area contributed by atoms with Gasteiger partial charge in [0.2, 0.25) is 0 Å². The van der Waals surface area contributed by atoms with Crippen molar-refractivity contribution in [3.63, 3.8) is 0 Å². The predicted octanol–water partition coefficient (Wildman–Crippen LogP) is 18.3. The minimum Gasteiger partial charge on any atom is -0.310 e. The Morgan fingerprint density at radius 3 is 1.57 bits per heavy atom. The summed E-state index contributed by atoms with van der Waals surface area (Å²) in [6.45, 7) is 9.68. The molecule has 1 heteroatoms. The molecule has 0 saturated carbocycles. The van der Waals surface area contributed by atoms with E-state index < -0.39 is 0 Å². The summed E-state index contributed by atoms with van der Waals surface area (Å²) >= 11 is 0. The third-order valence-electron chi connectivity index (χ3n) is 14.7. The predicted molar refractivity (Wildman–Crippen MR) is 280 cm³/mol. The molecular formula is C64H51N. The molecule has 1 aliphatic carbocycles. The van der Waals surface area contributed by atoms with Crippen LogP contribution >= 0.6 is 0 Å². The Hall–Kier alpha value is -7.48. The topological polar surface area (TPSA) is 3.24 Å². The molecule has 1 aliphatic rings. The summed E-state index contributed by atoms with van der Waals surface area (Å²) in [4.78, 5) is 2.49. The first-order chi connectivity index (χ1) is 31.7. The third-order valence-corrected chi connectivity index (χ3v) is 14.7. The van der Waals surface area contributed by atoms with E-state index >= 15 is 0 Å². The van der Waals surface area contributed by atoms with Crippen LogP contribution in [0, 0.1) is 0 Å². The number of hydrogen-bond donors (Lipinski definition) is 0. The fraction of sp³-hybridized carbons (Fsp3) is 0.125. The van der Waals surface area contributed by atoms with Gasteiger partial charge in [-0.1, -0.05) is 185 Å². The maximum Gasteiger partial charge on any atom is 0.0468 e. The van der Waals surface area contributed by atoms with E-state index in [1.807, 2.05) is 0 Å². The first-order valence-corrected chi connectivity index (χ1v) is 23.2. The van der Waals surface area contributed by atoms with Crippen LogP contribution in [0.25, 0.3) is 87.2 Å². The molecule has 0 N–H and O–H groups in total. The lowest BCUT2D eigenvalue weighted by molar-refractivity contribution is 0.332. The molecule has 12 rings (SSSR count). The van der Waals surface area contributed by atoms with Crippen LogP contribution in [0.3, 0.4) is 0 Å². The van der Waals surface area contributed by atoms with E-state index in [2.05, 4.69) is 245 Å². The summed E-state index contributed by atoms with van der Waals surface area (Å²) in [7, 11) is 0. The highest BCUT2D eigenvalue weighted by molar-refractivity contribution is 6.14. The molecule has 11 aromatic rings. The van der Waals surface area contributed by atoms with Crippen molar-refractivity contribution in [3.8, 4) is 33.4 Å². The van der Waals surface area contributed by atoms with Crippen LogP contribution in [0.5, 0.6) is 0 Å². The highest BCUT2D eigenvalue weighted by atomic mass is 15.1. The molecule has 65 heavy (non-hydrogen) atoms. The Morgan fingerprint density at radius 2 is 0.785 bits per heavy atom.